The number of fused-ring (bicyclic) bond motifs is 3. The van der Waals surface area contributed by atoms with E-state index in [4.69, 9.17) is 9.84 Å². The number of H-pyrrole nitrogens is 1. The molecular formula is C23H21BrN4O5. The number of carbonyl (C=O) groups is 3. The van der Waals surface area contributed by atoms with Gasteiger partial charge in [-0.25, -0.2) is 4.79 Å². The summed E-state index contributed by atoms with van der Waals surface area (Å²) >= 11 is 3.28. The summed E-state index contributed by atoms with van der Waals surface area (Å²) in [5.41, 5.74) is 4.90. The Morgan fingerprint density at radius 2 is 1.73 bits per heavy atom. The molecular weight excluding hydrogens is 492 g/mol. The van der Waals surface area contributed by atoms with Crippen LogP contribution in [-0.2, 0) is 20.9 Å². The van der Waals surface area contributed by atoms with Gasteiger partial charge in [-0.2, -0.15) is 5.10 Å². The Balaban J connectivity index is 1.39. The Morgan fingerprint density at radius 1 is 1.09 bits per heavy atom. The molecule has 10 heteroatoms. The third kappa shape index (κ3) is 5.06. The first-order chi connectivity index (χ1) is 15.9. The van der Waals surface area contributed by atoms with Crippen LogP contribution in [0.25, 0.3) is 11.1 Å². The van der Waals surface area contributed by atoms with Crippen molar-refractivity contribution in [1.29, 1.82) is 0 Å². The molecule has 0 radical (unpaired) electrons. The first-order valence-corrected chi connectivity index (χ1v) is 11.0. The summed E-state index contributed by atoms with van der Waals surface area (Å²) in [6.07, 6.45) is 0.0895. The molecule has 4 N–H and O–H groups in total. The molecule has 9 nitrogen and oxygen atoms in total. The highest BCUT2D eigenvalue weighted by Crippen LogP contribution is 2.44. The Morgan fingerprint density at radius 3 is 2.30 bits per heavy atom. The van der Waals surface area contributed by atoms with E-state index >= 15 is 0 Å². The fourth-order valence-corrected chi connectivity index (χ4v) is 4.22. The van der Waals surface area contributed by atoms with Crippen molar-refractivity contribution in [1.82, 2.24) is 20.8 Å². The molecule has 1 atom stereocenters. The van der Waals surface area contributed by atoms with Crippen LogP contribution in [0.4, 0.5) is 4.79 Å². The molecule has 2 aromatic carbocycles. The maximum Gasteiger partial charge on any atom is 0.407 e. The van der Waals surface area contributed by atoms with E-state index in [1.807, 2.05) is 48.5 Å². The third-order valence-corrected chi connectivity index (χ3v) is 6.12. The van der Waals surface area contributed by atoms with Gasteiger partial charge in [0.25, 0.3) is 0 Å². The lowest BCUT2D eigenvalue weighted by Crippen LogP contribution is -2.48. The summed E-state index contributed by atoms with van der Waals surface area (Å²) < 4.78 is 6.09. The average Bonchev–Trinajstić information content (AvgIpc) is 3.36. The van der Waals surface area contributed by atoms with Crippen LogP contribution in [0.15, 0.2) is 59.2 Å². The predicted octanol–water partition coefficient (Wildman–Crippen LogP) is 3.17. The number of ether oxygens (including phenoxy) is 1. The standard InChI is InChI=1S/C23H21BrN4O5/c24-18-10-26-28-20(18)11-25-22(31)19(9-21(29)30)27-23(32)33-12-17-15-7-3-1-5-13(15)14-6-2-4-8-16(14)17/h1-8,10,17,19H,9,11-12H2,(H,25,31)(H,26,28)(H,27,32)(H,29,30). The van der Waals surface area contributed by atoms with Crippen molar-refractivity contribution >= 4 is 33.9 Å². The molecule has 0 spiro atoms. The molecule has 2 amide bonds. The van der Waals surface area contributed by atoms with Crippen molar-refractivity contribution in [2.75, 3.05) is 6.61 Å². The topological polar surface area (TPSA) is 133 Å². The van der Waals surface area contributed by atoms with Gasteiger partial charge in [0.2, 0.25) is 5.91 Å². The third-order valence-electron chi connectivity index (χ3n) is 5.44. The molecule has 1 aromatic heterocycles. The number of benzene rings is 2. The molecule has 0 saturated carbocycles. The summed E-state index contributed by atoms with van der Waals surface area (Å²) in [5, 5.41) is 20.7. The molecule has 1 aliphatic carbocycles. The molecule has 4 rings (SSSR count). The maximum absolute atomic E-state index is 12.5. The first kappa shape index (κ1) is 22.5. The second kappa shape index (κ2) is 9.86. The van der Waals surface area contributed by atoms with Gasteiger partial charge in [0.15, 0.2) is 0 Å². The number of halogens is 1. The van der Waals surface area contributed by atoms with Crippen LogP contribution in [-0.4, -0.2) is 45.9 Å². The average molecular weight is 513 g/mol. The Bertz CT molecular complexity index is 1150. The van der Waals surface area contributed by atoms with E-state index in [1.165, 1.54) is 6.20 Å². The number of carboxylic acid groups (broad SMARTS) is 1. The summed E-state index contributed by atoms with van der Waals surface area (Å²) in [4.78, 5) is 36.2. The SMILES string of the molecule is O=C(O)CC(NC(=O)OCC1c2ccccc2-c2ccccc21)C(=O)NCc1[nH]ncc1Br. The minimum atomic E-state index is -1.29. The van der Waals surface area contributed by atoms with E-state index in [9.17, 15) is 14.4 Å². The van der Waals surface area contributed by atoms with Gasteiger partial charge in [0.05, 0.1) is 29.3 Å². The van der Waals surface area contributed by atoms with Crippen molar-refractivity contribution in [3.8, 4) is 11.1 Å². The zero-order valence-corrected chi connectivity index (χ0v) is 19.0. The number of aromatic amines is 1. The van der Waals surface area contributed by atoms with Gasteiger partial charge < -0.3 is 20.5 Å². The molecule has 1 heterocycles. The fraction of sp³-hybridized carbons (Fsp3) is 0.217. The van der Waals surface area contributed by atoms with Crippen molar-refractivity contribution in [3.63, 3.8) is 0 Å². The van der Waals surface area contributed by atoms with Crippen LogP contribution < -0.4 is 10.6 Å². The van der Waals surface area contributed by atoms with Gasteiger partial charge in [0, 0.05) is 5.92 Å². The van der Waals surface area contributed by atoms with E-state index in [0.29, 0.717) is 10.2 Å². The zero-order chi connectivity index (χ0) is 23.4. The van der Waals surface area contributed by atoms with Crippen LogP contribution >= 0.6 is 15.9 Å². The number of hydrogen-bond donors (Lipinski definition) is 4. The van der Waals surface area contributed by atoms with E-state index in [1.54, 1.807) is 0 Å². The van der Waals surface area contributed by atoms with Gasteiger partial charge in [-0.3, -0.25) is 14.7 Å². The normalized spacial score (nSPS) is 13.0. The smallest absolute Gasteiger partial charge is 0.407 e. The van der Waals surface area contributed by atoms with Crippen LogP contribution in [0.3, 0.4) is 0 Å². The highest BCUT2D eigenvalue weighted by molar-refractivity contribution is 9.10. The minimum Gasteiger partial charge on any atom is -0.481 e. The highest BCUT2D eigenvalue weighted by atomic mass is 79.9. The molecule has 1 aliphatic rings. The monoisotopic (exact) mass is 512 g/mol. The summed E-state index contributed by atoms with van der Waals surface area (Å²) in [7, 11) is 0. The van der Waals surface area contributed by atoms with E-state index in [0.717, 1.165) is 22.3 Å². The highest BCUT2D eigenvalue weighted by Gasteiger charge is 2.30. The fourth-order valence-electron chi connectivity index (χ4n) is 3.89. The van der Waals surface area contributed by atoms with E-state index in [2.05, 4.69) is 36.8 Å². The number of aliphatic carboxylic acids is 1. The van der Waals surface area contributed by atoms with Crippen molar-refractivity contribution in [2.45, 2.75) is 24.9 Å². The number of aromatic nitrogens is 2. The molecule has 3 aromatic rings. The van der Waals surface area contributed by atoms with Gasteiger partial charge in [-0.1, -0.05) is 48.5 Å². The maximum atomic E-state index is 12.5. The quantitative estimate of drug-likeness (QED) is 0.366. The second-order valence-corrected chi connectivity index (χ2v) is 8.39. The van der Waals surface area contributed by atoms with Crippen molar-refractivity contribution in [3.05, 3.63) is 76.0 Å². The summed E-state index contributed by atoms with van der Waals surface area (Å²) in [5.74, 6) is -2.02. The van der Waals surface area contributed by atoms with Gasteiger partial charge in [0.1, 0.15) is 12.6 Å². The Kier molecular flexibility index (Phi) is 6.74. The number of amides is 2. The van der Waals surface area contributed by atoms with Gasteiger partial charge >= 0.3 is 12.1 Å². The van der Waals surface area contributed by atoms with E-state index in [-0.39, 0.29) is 19.1 Å². The lowest BCUT2D eigenvalue weighted by molar-refractivity contribution is -0.139. The largest absolute Gasteiger partial charge is 0.481 e. The number of alkyl carbamates (subject to hydrolysis) is 1. The van der Waals surface area contributed by atoms with E-state index < -0.39 is 30.4 Å². The van der Waals surface area contributed by atoms with Crippen LogP contribution in [0, 0.1) is 0 Å². The molecule has 0 aliphatic heterocycles. The number of carboxylic acids is 1. The van der Waals surface area contributed by atoms with Gasteiger partial charge in [-0.05, 0) is 38.2 Å². The first-order valence-electron chi connectivity index (χ1n) is 10.2. The number of rotatable bonds is 8. The van der Waals surface area contributed by atoms with Crippen LogP contribution in [0.5, 0.6) is 0 Å². The molecule has 0 bridgehead atoms. The Hall–Kier alpha value is -3.66. The molecule has 33 heavy (non-hydrogen) atoms. The molecule has 1 unspecified atom stereocenters. The number of carbonyl (C=O) groups excluding carboxylic acids is 2. The van der Waals surface area contributed by atoms with Crippen LogP contribution in [0.1, 0.15) is 29.2 Å². The number of nitrogens with zero attached hydrogens (tertiary/aromatic N) is 1. The van der Waals surface area contributed by atoms with Gasteiger partial charge in [-0.15, -0.1) is 0 Å². The predicted molar refractivity (Wildman–Crippen MR) is 122 cm³/mol. The number of hydrogen-bond acceptors (Lipinski definition) is 5. The lowest BCUT2D eigenvalue weighted by Gasteiger charge is -2.18. The zero-order valence-electron chi connectivity index (χ0n) is 17.4. The lowest BCUT2D eigenvalue weighted by atomic mass is 9.98. The molecule has 170 valence electrons. The van der Waals surface area contributed by atoms with Crippen molar-refractivity contribution < 1.29 is 24.2 Å². The summed E-state index contributed by atoms with van der Waals surface area (Å²) in [6, 6.07) is 14.5. The molecule has 0 saturated heterocycles. The second-order valence-electron chi connectivity index (χ2n) is 7.53. The van der Waals surface area contributed by atoms with Crippen LogP contribution in [0.2, 0.25) is 0 Å². The molecule has 0 fully saturated rings. The minimum absolute atomic E-state index is 0.0579. The number of nitrogens with one attached hydrogen (secondary N) is 3. The Labute approximate surface area is 197 Å². The van der Waals surface area contributed by atoms with Crippen molar-refractivity contribution in [2.24, 2.45) is 0 Å². The summed E-state index contributed by atoms with van der Waals surface area (Å²) in [6.45, 7) is 0.143.